The third kappa shape index (κ3) is 2.82. The van der Waals surface area contributed by atoms with Gasteiger partial charge in [0.25, 0.3) is 0 Å². The minimum absolute atomic E-state index is 0.637. The molecule has 1 fully saturated rings. The fraction of sp³-hybridized carbons (Fsp3) is 1.00. The second-order valence-corrected chi connectivity index (χ2v) is 4.67. The lowest BCUT2D eigenvalue weighted by Gasteiger charge is -2.16. The lowest BCUT2D eigenvalue weighted by atomic mass is 9.90. The summed E-state index contributed by atoms with van der Waals surface area (Å²) >= 11 is 0. The molecule has 66 valence electrons. The largest absolute Gasteiger partial charge is 0.320 e. The van der Waals surface area contributed by atoms with Gasteiger partial charge in [0.2, 0.25) is 0 Å². The molecule has 1 atom stereocenters. The summed E-state index contributed by atoms with van der Waals surface area (Å²) < 4.78 is 0. The zero-order valence-electron chi connectivity index (χ0n) is 8.11. The lowest BCUT2D eigenvalue weighted by molar-refractivity contribution is 0.353. The van der Waals surface area contributed by atoms with Crippen molar-refractivity contribution >= 4 is 0 Å². The van der Waals surface area contributed by atoms with Gasteiger partial charge in [-0.15, -0.1) is 0 Å². The van der Waals surface area contributed by atoms with Gasteiger partial charge in [0.05, 0.1) is 0 Å². The Labute approximate surface area is 70.6 Å². The van der Waals surface area contributed by atoms with E-state index in [0.29, 0.717) is 5.41 Å². The molecule has 0 aromatic carbocycles. The van der Waals surface area contributed by atoms with E-state index in [1.807, 2.05) is 7.05 Å². The monoisotopic (exact) mass is 155 g/mol. The van der Waals surface area contributed by atoms with Crippen LogP contribution in [0.25, 0.3) is 0 Å². The highest BCUT2D eigenvalue weighted by molar-refractivity contribution is 4.82. The number of rotatable bonds is 3. The van der Waals surface area contributed by atoms with Crippen LogP contribution in [-0.2, 0) is 0 Å². The van der Waals surface area contributed by atoms with Crippen molar-refractivity contribution in [1.82, 2.24) is 5.32 Å². The minimum atomic E-state index is 0.637. The first-order valence-electron chi connectivity index (χ1n) is 4.79. The minimum Gasteiger partial charge on any atom is -0.320 e. The van der Waals surface area contributed by atoms with Gasteiger partial charge in [-0.1, -0.05) is 13.8 Å². The molecule has 0 radical (unpaired) electrons. The molecule has 0 aliphatic heterocycles. The average molecular weight is 155 g/mol. The normalized spacial score (nSPS) is 29.2. The summed E-state index contributed by atoms with van der Waals surface area (Å²) in [5.41, 5.74) is 0.637. The van der Waals surface area contributed by atoms with Gasteiger partial charge in [0.15, 0.2) is 0 Å². The Morgan fingerprint density at radius 3 is 2.64 bits per heavy atom. The Morgan fingerprint density at radius 2 is 2.18 bits per heavy atom. The highest BCUT2D eigenvalue weighted by atomic mass is 14.8. The van der Waals surface area contributed by atoms with Gasteiger partial charge in [-0.3, -0.25) is 0 Å². The van der Waals surface area contributed by atoms with Crippen molar-refractivity contribution in [3.63, 3.8) is 0 Å². The second-order valence-electron chi connectivity index (χ2n) is 4.67. The molecule has 11 heavy (non-hydrogen) atoms. The van der Waals surface area contributed by atoms with Gasteiger partial charge in [-0.2, -0.15) is 0 Å². The first kappa shape index (κ1) is 9.05. The van der Waals surface area contributed by atoms with Crippen LogP contribution in [0.15, 0.2) is 0 Å². The van der Waals surface area contributed by atoms with Crippen molar-refractivity contribution in [2.24, 2.45) is 11.3 Å². The third-order valence-corrected chi connectivity index (χ3v) is 2.87. The van der Waals surface area contributed by atoms with Gasteiger partial charge in [-0.05, 0) is 50.6 Å². The summed E-state index contributed by atoms with van der Waals surface area (Å²) in [6.07, 6.45) is 5.70. The average Bonchev–Trinajstić information content (AvgIpc) is 2.26. The first-order valence-corrected chi connectivity index (χ1v) is 4.79. The predicted molar refractivity (Wildman–Crippen MR) is 49.7 cm³/mol. The molecule has 0 aromatic rings. The van der Waals surface area contributed by atoms with Crippen LogP contribution in [0.2, 0.25) is 0 Å². The fourth-order valence-electron chi connectivity index (χ4n) is 2.18. The van der Waals surface area contributed by atoms with Gasteiger partial charge in [0.1, 0.15) is 0 Å². The highest BCUT2D eigenvalue weighted by Crippen LogP contribution is 2.41. The summed E-state index contributed by atoms with van der Waals surface area (Å²) in [6.45, 7) is 5.99. The zero-order chi connectivity index (χ0) is 8.32. The van der Waals surface area contributed by atoms with Gasteiger partial charge >= 0.3 is 0 Å². The van der Waals surface area contributed by atoms with Crippen LogP contribution < -0.4 is 5.32 Å². The van der Waals surface area contributed by atoms with Crippen LogP contribution in [0, 0.1) is 11.3 Å². The molecule has 1 aliphatic rings. The Morgan fingerprint density at radius 1 is 1.45 bits per heavy atom. The Bertz CT molecular complexity index is 118. The molecule has 0 saturated heterocycles. The van der Waals surface area contributed by atoms with Crippen molar-refractivity contribution in [3.05, 3.63) is 0 Å². The van der Waals surface area contributed by atoms with Crippen molar-refractivity contribution in [3.8, 4) is 0 Å². The topological polar surface area (TPSA) is 12.0 Å². The van der Waals surface area contributed by atoms with Crippen LogP contribution in [0.4, 0.5) is 0 Å². The molecule has 0 heterocycles. The van der Waals surface area contributed by atoms with E-state index in [0.717, 1.165) is 5.92 Å². The SMILES string of the molecule is CNCCC1CCC(C)(C)C1. The summed E-state index contributed by atoms with van der Waals surface area (Å²) in [4.78, 5) is 0. The van der Waals surface area contributed by atoms with Crippen LogP contribution >= 0.6 is 0 Å². The van der Waals surface area contributed by atoms with E-state index in [9.17, 15) is 0 Å². The fourth-order valence-corrected chi connectivity index (χ4v) is 2.18. The summed E-state index contributed by atoms with van der Waals surface area (Å²) in [5, 5.41) is 3.22. The van der Waals surface area contributed by atoms with E-state index < -0.39 is 0 Å². The van der Waals surface area contributed by atoms with Crippen LogP contribution in [-0.4, -0.2) is 13.6 Å². The number of nitrogens with one attached hydrogen (secondary N) is 1. The molecule has 1 aliphatic carbocycles. The van der Waals surface area contributed by atoms with Crippen LogP contribution in [0.5, 0.6) is 0 Å². The summed E-state index contributed by atoms with van der Waals surface area (Å²) in [7, 11) is 2.04. The van der Waals surface area contributed by atoms with E-state index in [1.54, 1.807) is 0 Å². The Kier molecular flexibility index (Phi) is 2.94. The Hall–Kier alpha value is -0.0400. The van der Waals surface area contributed by atoms with Crippen LogP contribution in [0.3, 0.4) is 0 Å². The molecule has 1 unspecified atom stereocenters. The molecular weight excluding hydrogens is 134 g/mol. The van der Waals surface area contributed by atoms with Gasteiger partial charge in [0, 0.05) is 0 Å². The molecule has 0 aromatic heterocycles. The molecule has 1 nitrogen and oxygen atoms in total. The number of hydrogen-bond acceptors (Lipinski definition) is 1. The number of hydrogen-bond donors (Lipinski definition) is 1. The highest BCUT2D eigenvalue weighted by Gasteiger charge is 2.29. The lowest BCUT2D eigenvalue weighted by Crippen LogP contribution is -2.12. The standard InChI is InChI=1S/C10H21N/c1-10(2)6-4-9(8-10)5-7-11-3/h9,11H,4-8H2,1-3H3. The maximum absolute atomic E-state index is 3.22. The first-order chi connectivity index (χ1) is 5.14. The molecule has 0 spiro atoms. The quantitative estimate of drug-likeness (QED) is 0.660. The maximum Gasteiger partial charge on any atom is -0.00493 e. The van der Waals surface area contributed by atoms with Gasteiger partial charge < -0.3 is 5.32 Å². The predicted octanol–water partition coefficient (Wildman–Crippen LogP) is 2.42. The van der Waals surface area contributed by atoms with E-state index in [4.69, 9.17) is 0 Å². The summed E-state index contributed by atoms with van der Waals surface area (Å²) in [5.74, 6) is 0.998. The smallest absolute Gasteiger partial charge is 0.00493 e. The molecule has 0 bridgehead atoms. The van der Waals surface area contributed by atoms with Gasteiger partial charge in [-0.25, -0.2) is 0 Å². The third-order valence-electron chi connectivity index (χ3n) is 2.87. The molecule has 1 rings (SSSR count). The Balaban J connectivity index is 2.20. The zero-order valence-corrected chi connectivity index (χ0v) is 8.11. The summed E-state index contributed by atoms with van der Waals surface area (Å²) in [6, 6.07) is 0. The van der Waals surface area contributed by atoms with E-state index >= 15 is 0 Å². The van der Waals surface area contributed by atoms with E-state index in [2.05, 4.69) is 19.2 Å². The van der Waals surface area contributed by atoms with Crippen molar-refractivity contribution in [2.75, 3.05) is 13.6 Å². The van der Waals surface area contributed by atoms with E-state index in [1.165, 1.54) is 32.2 Å². The molecule has 0 amide bonds. The van der Waals surface area contributed by atoms with Crippen molar-refractivity contribution in [2.45, 2.75) is 39.5 Å². The molecular formula is C10H21N. The molecule has 1 N–H and O–H groups in total. The van der Waals surface area contributed by atoms with Crippen LogP contribution in [0.1, 0.15) is 39.5 Å². The van der Waals surface area contributed by atoms with Crippen molar-refractivity contribution < 1.29 is 0 Å². The second kappa shape index (κ2) is 3.57. The van der Waals surface area contributed by atoms with E-state index in [-0.39, 0.29) is 0 Å². The molecule has 1 heteroatoms. The van der Waals surface area contributed by atoms with Crippen molar-refractivity contribution in [1.29, 1.82) is 0 Å². The molecule has 1 saturated carbocycles. The maximum atomic E-state index is 3.22.